The third kappa shape index (κ3) is 5.00. The molecule has 2 amide bonds. The minimum Gasteiger partial charge on any atom is -0.375 e. The summed E-state index contributed by atoms with van der Waals surface area (Å²) in [6.07, 6.45) is 0. The number of amides is 2. The summed E-state index contributed by atoms with van der Waals surface area (Å²) >= 11 is 5.92. The van der Waals surface area contributed by atoms with E-state index in [-0.39, 0.29) is 28.8 Å². The number of nitrogens with one attached hydrogen (secondary N) is 2. The van der Waals surface area contributed by atoms with E-state index in [0.29, 0.717) is 11.4 Å². The number of hydrogen-bond acceptors (Lipinski definition) is 5. The first-order valence-electron chi connectivity index (χ1n) is 7.05. The normalized spacial score (nSPS) is 10.2. The Bertz CT molecular complexity index is 808. The monoisotopic (exact) mass is 363 g/mol. The third-order valence-electron chi connectivity index (χ3n) is 3.11. The van der Waals surface area contributed by atoms with E-state index in [1.165, 1.54) is 19.2 Å². The Morgan fingerprint density at radius 2 is 1.72 bits per heavy atom. The average Bonchev–Trinajstić information content (AvgIpc) is 2.56. The van der Waals surface area contributed by atoms with Crippen LogP contribution in [0.2, 0.25) is 5.02 Å². The number of nitro groups is 1. The van der Waals surface area contributed by atoms with Crippen molar-refractivity contribution in [3.05, 3.63) is 63.2 Å². The van der Waals surface area contributed by atoms with Crippen LogP contribution in [0, 0.1) is 10.1 Å². The quantitative estimate of drug-likeness (QED) is 0.605. The Morgan fingerprint density at radius 1 is 1.12 bits per heavy atom. The number of halogens is 1. The van der Waals surface area contributed by atoms with Crippen molar-refractivity contribution >= 4 is 40.5 Å². The molecule has 0 radical (unpaired) electrons. The van der Waals surface area contributed by atoms with Crippen molar-refractivity contribution in [2.24, 2.45) is 0 Å². The van der Waals surface area contributed by atoms with Gasteiger partial charge in [0.25, 0.3) is 11.6 Å². The van der Waals surface area contributed by atoms with Gasteiger partial charge in [0.1, 0.15) is 6.61 Å². The van der Waals surface area contributed by atoms with Crippen LogP contribution in [0.4, 0.5) is 17.1 Å². The van der Waals surface area contributed by atoms with E-state index in [2.05, 4.69) is 10.6 Å². The van der Waals surface area contributed by atoms with Crippen molar-refractivity contribution < 1.29 is 19.2 Å². The summed E-state index contributed by atoms with van der Waals surface area (Å²) < 4.78 is 4.71. The molecule has 0 atom stereocenters. The van der Waals surface area contributed by atoms with Gasteiger partial charge in [0.15, 0.2) is 0 Å². The Morgan fingerprint density at radius 3 is 2.24 bits per heavy atom. The molecule has 2 aromatic rings. The average molecular weight is 364 g/mol. The number of methoxy groups -OCH3 is 1. The van der Waals surface area contributed by atoms with E-state index in [1.807, 2.05) is 0 Å². The van der Waals surface area contributed by atoms with Crippen LogP contribution in [0.25, 0.3) is 0 Å². The molecular weight excluding hydrogens is 350 g/mol. The topological polar surface area (TPSA) is 111 Å². The molecule has 8 nitrogen and oxygen atoms in total. The number of rotatable bonds is 6. The lowest BCUT2D eigenvalue weighted by Crippen LogP contribution is -2.17. The Hall–Kier alpha value is -2.97. The lowest BCUT2D eigenvalue weighted by atomic mass is 10.2. The summed E-state index contributed by atoms with van der Waals surface area (Å²) in [6.45, 7) is -0.0584. The molecule has 0 saturated heterocycles. The second-order valence-corrected chi connectivity index (χ2v) is 5.34. The van der Waals surface area contributed by atoms with E-state index < -0.39 is 10.8 Å². The number of non-ortho nitro benzene ring substituents is 1. The first kappa shape index (κ1) is 18.4. The molecule has 0 saturated carbocycles. The Kier molecular flexibility index (Phi) is 6.04. The van der Waals surface area contributed by atoms with Crippen LogP contribution in [0.3, 0.4) is 0 Å². The second-order valence-electron chi connectivity index (χ2n) is 4.93. The zero-order valence-corrected chi connectivity index (χ0v) is 13.9. The van der Waals surface area contributed by atoms with Crippen LogP contribution in [-0.4, -0.2) is 30.5 Å². The molecule has 0 aliphatic heterocycles. The molecule has 0 aliphatic rings. The van der Waals surface area contributed by atoms with Gasteiger partial charge < -0.3 is 15.4 Å². The van der Waals surface area contributed by atoms with Crippen molar-refractivity contribution in [2.45, 2.75) is 0 Å². The number of nitro benzene ring substituents is 1. The van der Waals surface area contributed by atoms with Crippen LogP contribution in [0.5, 0.6) is 0 Å². The van der Waals surface area contributed by atoms with Gasteiger partial charge in [-0.2, -0.15) is 0 Å². The molecule has 0 bridgehead atoms. The first-order chi connectivity index (χ1) is 11.9. The van der Waals surface area contributed by atoms with E-state index in [1.54, 1.807) is 24.3 Å². The molecule has 0 unspecified atom stereocenters. The maximum atomic E-state index is 12.2. The van der Waals surface area contributed by atoms with Crippen molar-refractivity contribution in [3.8, 4) is 0 Å². The highest BCUT2D eigenvalue weighted by Crippen LogP contribution is 2.23. The van der Waals surface area contributed by atoms with Crippen molar-refractivity contribution in [2.75, 3.05) is 24.4 Å². The summed E-state index contributed by atoms with van der Waals surface area (Å²) in [7, 11) is 1.42. The van der Waals surface area contributed by atoms with Gasteiger partial charge in [-0.3, -0.25) is 19.7 Å². The molecule has 0 heterocycles. The zero-order chi connectivity index (χ0) is 18.4. The highest BCUT2D eigenvalue weighted by Gasteiger charge is 2.15. The molecule has 0 fully saturated rings. The van der Waals surface area contributed by atoms with Gasteiger partial charge in [-0.1, -0.05) is 11.6 Å². The second kappa shape index (κ2) is 8.22. The fourth-order valence-electron chi connectivity index (χ4n) is 1.97. The van der Waals surface area contributed by atoms with E-state index >= 15 is 0 Å². The van der Waals surface area contributed by atoms with E-state index in [4.69, 9.17) is 16.3 Å². The summed E-state index contributed by atoms with van der Waals surface area (Å²) in [4.78, 5) is 33.7. The van der Waals surface area contributed by atoms with Gasteiger partial charge in [0, 0.05) is 30.6 Å². The number of nitrogens with zero attached hydrogens (tertiary/aromatic N) is 1. The van der Waals surface area contributed by atoms with Gasteiger partial charge in [0.05, 0.1) is 15.5 Å². The largest absolute Gasteiger partial charge is 0.375 e. The van der Waals surface area contributed by atoms with E-state index in [0.717, 1.165) is 6.07 Å². The highest BCUT2D eigenvalue weighted by molar-refractivity contribution is 6.34. The lowest BCUT2D eigenvalue weighted by Gasteiger charge is -2.08. The Balaban J connectivity index is 2.05. The predicted molar refractivity (Wildman–Crippen MR) is 93.0 cm³/mol. The van der Waals surface area contributed by atoms with Crippen molar-refractivity contribution in [1.82, 2.24) is 0 Å². The maximum Gasteiger partial charge on any atom is 0.270 e. The van der Waals surface area contributed by atoms with Crippen LogP contribution >= 0.6 is 11.6 Å². The molecule has 0 aromatic heterocycles. The maximum absolute atomic E-state index is 12.2. The van der Waals surface area contributed by atoms with Gasteiger partial charge in [-0.25, -0.2) is 0 Å². The Labute approximate surface area is 147 Å². The fourth-order valence-corrected chi connectivity index (χ4v) is 2.23. The van der Waals surface area contributed by atoms with E-state index in [9.17, 15) is 19.7 Å². The zero-order valence-electron chi connectivity index (χ0n) is 13.1. The van der Waals surface area contributed by atoms with Crippen LogP contribution in [0.15, 0.2) is 42.5 Å². The number of ether oxygens (including phenoxy) is 1. The minimum atomic E-state index is -0.593. The molecule has 2 rings (SSSR count). The van der Waals surface area contributed by atoms with Gasteiger partial charge in [-0.15, -0.1) is 0 Å². The fraction of sp³-hybridized carbons (Fsp3) is 0.125. The molecule has 0 spiro atoms. The molecule has 0 aliphatic carbocycles. The standard InChI is InChI=1S/C16H14ClN3O5/c1-25-9-15(21)18-10-2-4-11(5-3-10)19-16(22)13-7-6-12(20(23)24)8-14(13)17/h2-8H,9H2,1H3,(H,18,21)(H,19,22). The SMILES string of the molecule is COCC(=O)Nc1ccc(NC(=O)c2ccc([N+](=O)[O-])cc2Cl)cc1. The predicted octanol–water partition coefficient (Wildman–Crippen LogP) is 3.09. The summed E-state index contributed by atoms with van der Waals surface area (Å²) in [5.74, 6) is -0.798. The summed E-state index contributed by atoms with van der Waals surface area (Å²) in [5.41, 5.74) is 0.944. The number of anilines is 2. The number of carbonyl (C=O) groups is 2. The molecule has 9 heteroatoms. The smallest absolute Gasteiger partial charge is 0.270 e. The van der Waals surface area contributed by atoms with Gasteiger partial charge in [-0.05, 0) is 30.3 Å². The van der Waals surface area contributed by atoms with Crippen molar-refractivity contribution in [3.63, 3.8) is 0 Å². The van der Waals surface area contributed by atoms with Crippen LogP contribution in [-0.2, 0) is 9.53 Å². The third-order valence-corrected chi connectivity index (χ3v) is 3.42. The van der Waals surface area contributed by atoms with Crippen LogP contribution < -0.4 is 10.6 Å². The number of hydrogen-bond donors (Lipinski definition) is 2. The molecule has 2 N–H and O–H groups in total. The molecule has 130 valence electrons. The lowest BCUT2D eigenvalue weighted by molar-refractivity contribution is -0.384. The number of carbonyl (C=O) groups excluding carboxylic acids is 2. The van der Waals surface area contributed by atoms with Gasteiger partial charge >= 0.3 is 0 Å². The van der Waals surface area contributed by atoms with Crippen molar-refractivity contribution in [1.29, 1.82) is 0 Å². The summed E-state index contributed by atoms with van der Waals surface area (Å²) in [5, 5.41) is 15.9. The molecule has 25 heavy (non-hydrogen) atoms. The molecular formula is C16H14ClN3O5. The number of benzene rings is 2. The summed E-state index contributed by atoms with van der Waals surface area (Å²) in [6, 6.07) is 10.0. The first-order valence-corrected chi connectivity index (χ1v) is 7.42. The van der Waals surface area contributed by atoms with Crippen LogP contribution in [0.1, 0.15) is 10.4 Å². The highest BCUT2D eigenvalue weighted by atomic mass is 35.5. The minimum absolute atomic E-state index is 0.0184. The molecule has 2 aromatic carbocycles. The van der Waals surface area contributed by atoms with Gasteiger partial charge in [0.2, 0.25) is 5.91 Å².